The molecule has 2 rings (SSSR count). The summed E-state index contributed by atoms with van der Waals surface area (Å²) in [5.74, 6) is 0.248. The van der Waals surface area contributed by atoms with Gasteiger partial charge in [-0.05, 0) is 42.2 Å². The Hall–Kier alpha value is -2.36. The van der Waals surface area contributed by atoms with Crippen LogP contribution >= 0.6 is 0 Å². The largest absolute Gasteiger partial charge is 0.476 e. The van der Waals surface area contributed by atoms with Gasteiger partial charge in [0.2, 0.25) is 0 Å². The molecule has 0 amide bonds. The van der Waals surface area contributed by atoms with Crippen molar-refractivity contribution in [1.82, 2.24) is 4.98 Å². The summed E-state index contributed by atoms with van der Waals surface area (Å²) in [5, 5.41) is 9.05. The average Bonchev–Trinajstić information content (AvgIpc) is 2.47. The molecule has 1 heterocycles. The minimum atomic E-state index is -1.10. The van der Waals surface area contributed by atoms with Crippen LogP contribution in [0.4, 0.5) is 0 Å². The Kier molecular flexibility index (Phi) is 4.35. The van der Waals surface area contributed by atoms with E-state index in [0.29, 0.717) is 11.7 Å². The van der Waals surface area contributed by atoms with E-state index in [4.69, 9.17) is 9.84 Å². The molecule has 0 aliphatic heterocycles. The molecular weight excluding hydrogens is 254 g/mol. The quantitative estimate of drug-likeness (QED) is 0.890. The number of carboxylic acids is 1. The summed E-state index contributed by atoms with van der Waals surface area (Å²) in [6, 6.07) is 10.9. The van der Waals surface area contributed by atoms with Gasteiger partial charge in [-0.25, -0.2) is 9.78 Å². The Morgan fingerprint density at radius 1 is 1.30 bits per heavy atom. The number of pyridine rings is 1. The van der Waals surface area contributed by atoms with Gasteiger partial charge in [0.25, 0.3) is 0 Å². The number of hydrogen-bond donors (Lipinski definition) is 1. The van der Waals surface area contributed by atoms with Crippen LogP contribution in [-0.4, -0.2) is 16.1 Å². The Morgan fingerprint density at radius 2 is 2.00 bits per heavy atom. The number of carboxylic acid groups (broad SMARTS) is 1. The first-order valence-electron chi connectivity index (χ1n) is 6.58. The molecule has 0 spiro atoms. The lowest BCUT2D eigenvalue weighted by molar-refractivity contribution is 0.0687. The molecule has 0 bridgehead atoms. The number of hydrogen-bond acceptors (Lipinski definition) is 3. The van der Waals surface area contributed by atoms with Crippen molar-refractivity contribution < 1.29 is 14.6 Å². The van der Waals surface area contributed by atoms with Crippen LogP contribution in [-0.2, 0) is 0 Å². The lowest BCUT2D eigenvalue weighted by Crippen LogP contribution is -2.02. The van der Waals surface area contributed by atoms with Crippen molar-refractivity contribution in [3.63, 3.8) is 0 Å². The molecule has 0 radical (unpaired) electrons. The van der Waals surface area contributed by atoms with Crippen molar-refractivity contribution >= 4 is 5.97 Å². The highest BCUT2D eigenvalue weighted by Gasteiger charge is 2.13. The van der Waals surface area contributed by atoms with Gasteiger partial charge in [0.05, 0.1) is 0 Å². The number of rotatable bonds is 5. The van der Waals surface area contributed by atoms with Crippen LogP contribution in [0.15, 0.2) is 42.6 Å². The van der Waals surface area contributed by atoms with Crippen molar-refractivity contribution in [2.75, 3.05) is 0 Å². The zero-order chi connectivity index (χ0) is 14.5. The first-order valence-corrected chi connectivity index (χ1v) is 6.58. The summed E-state index contributed by atoms with van der Waals surface area (Å²) in [5.41, 5.74) is 1.16. The third-order valence-electron chi connectivity index (χ3n) is 3.26. The van der Waals surface area contributed by atoms with E-state index in [1.165, 1.54) is 11.8 Å². The molecule has 0 aliphatic rings. The number of aromatic nitrogens is 1. The average molecular weight is 271 g/mol. The van der Waals surface area contributed by atoms with Gasteiger partial charge < -0.3 is 9.84 Å². The van der Waals surface area contributed by atoms with Gasteiger partial charge in [-0.1, -0.05) is 26.0 Å². The standard InChI is InChI=1S/C16H17NO3/c1-3-11(2)12-6-8-13(9-7-12)20-14-5-4-10-17-15(14)16(18)19/h4-11H,3H2,1-2H3,(H,18,19). The molecule has 4 nitrogen and oxygen atoms in total. The van der Waals surface area contributed by atoms with Crippen LogP contribution in [0.25, 0.3) is 0 Å². The molecule has 0 saturated carbocycles. The van der Waals surface area contributed by atoms with Crippen LogP contribution < -0.4 is 4.74 Å². The van der Waals surface area contributed by atoms with Crippen LogP contribution in [0.1, 0.15) is 42.2 Å². The zero-order valence-corrected chi connectivity index (χ0v) is 11.5. The monoisotopic (exact) mass is 271 g/mol. The molecule has 1 aromatic heterocycles. The van der Waals surface area contributed by atoms with Crippen molar-refractivity contribution in [2.45, 2.75) is 26.2 Å². The summed E-state index contributed by atoms with van der Waals surface area (Å²) < 4.78 is 5.60. The maximum atomic E-state index is 11.1. The van der Waals surface area contributed by atoms with E-state index in [1.54, 1.807) is 12.1 Å². The molecule has 1 unspecified atom stereocenters. The normalized spacial score (nSPS) is 11.9. The molecule has 1 aromatic carbocycles. The Morgan fingerprint density at radius 3 is 2.60 bits per heavy atom. The summed E-state index contributed by atoms with van der Waals surface area (Å²) in [6.07, 6.45) is 2.51. The second-order valence-electron chi connectivity index (χ2n) is 4.64. The maximum Gasteiger partial charge on any atom is 0.358 e. The van der Waals surface area contributed by atoms with Crippen molar-refractivity contribution in [1.29, 1.82) is 0 Å². The van der Waals surface area contributed by atoms with E-state index >= 15 is 0 Å². The first kappa shape index (κ1) is 14.1. The fourth-order valence-corrected chi connectivity index (χ4v) is 1.86. The van der Waals surface area contributed by atoms with E-state index in [2.05, 4.69) is 18.8 Å². The number of benzene rings is 1. The molecule has 4 heteroatoms. The SMILES string of the molecule is CCC(C)c1ccc(Oc2cccnc2C(=O)O)cc1. The molecular formula is C16H17NO3. The van der Waals surface area contributed by atoms with Gasteiger partial charge in [-0.2, -0.15) is 0 Å². The van der Waals surface area contributed by atoms with Crippen molar-refractivity contribution in [3.05, 3.63) is 53.9 Å². The zero-order valence-electron chi connectivity index (χ0n) is 11.5. The first-order chi connectivity index (χ1) is 9.61. The fraction of sp³-hybridized carbons (Fsp3) is 0.250. The molecule has 0 saturated heterocycles. The summed E-state index contributed by atoms with van der Waals surface area (Å²) in [4.78, 5) is 14.9. The third kappa shape index (κ3) is 3.15. The minimum Gasteiger partial charge on any atom is -0.476 e. The van der Waals surface area contributed by atoms with Crippen molar-refractivity contribution in [2.24, 2.45) is 0 Å². The lowest BCUT2D eigenvalue weighted by atomic mass is 9.99. The molecule has 0 fully saturated rings. The van der Waals surface area contributed by atoms with Crippen LogP contribution in [0.3, 0.4) is 0 Å². The maximum absolute atomic E-state index is 11.1. The summed E-state index contributed by atoms with van der Waals surface area (Å²) in [6.45, 7) is 4.31. The van der Waals surface area contributed by atoms with Gasteiger partial charge >= 0.3 is 5.97 Å². The smallest absolute Gasteiger partial charge is 0.358 e. The molecule has 20 heavy (non-hydrogen) atoms. The van der Waals surface area contributed by atoms with Gasteiger partial charge in [0, 0.05) is 6.20 Å². The van der Waals surface area contributed by atoms with E-state index in [9.17, 15) is 4.79 Å². The van der Waals surface area contributed by atoms with Crippen LogP contribution in [0.5, 0.6) is 11.5 Å². The highest BCUT2D eigenvalue weighted by atomic mass is 16.5. The second kappa shape index (κ2) is 6.19. The third-order valence-corrected chi connectivity index (χ3v) is 3.26. The number of aromatic carboxylic acids is 1. The Bertz CT molecular complexity index is 593. The van der Waals surface area contributed by atoms with Gasteiger partial charge in [-0.3, -0.25) is 0 Å². The highest BCUT2D eigenvalue weighted by Crippen LogP contribution is 2.26. The van der Waals surface area contributed by atoms with E-state index < -0.39 is 5.97 Å². The number of nitrogens with zero attached hydrogens (tertiary/aromatic N) is 1. The van der Waals surface area contributed by atoms with Crippen LogP contribution in [0, 0.1) is 0 Å². The molecule has 0 aliphatic carbocycles. The van der Waals surface area contributed by atoms with Gasteiger partial charge in [0.15, 0.2) is 11.4 Å². The van der Waals surface area contributed by atoms with E-state index in [1.807, 2.05) is 24.3 Å². The van der Waals surface area contributed by atoms with Gasteiger partial charge in [-0.15, -0.1) is 0 Å². The molecule has 104 valence electrons. The fourth-order valence-electron chi connectivity index (χ4n) is 1.86. The van der Waals surface area contributed by atoms with Crippen LogP contribution in [0.2, 0.25) is 0 Å². The molecule has 1 atom stereocenters. The summed E-state index contributed by atoms with van der Waals surface area (Å²) in [7, 11) is 0. The van der Waals surface area contributed by atoms with E-state index in [-0.39, 0.29) is 11.4 Å². The predicted molar refractivity (Wildman–Crippen MR) is 76.4 cm³/mol. The molecule has 1 N–H and O–H groups in total. The lowest BCUT2D eigenvalue weighted by Gasteiger charge is -2.11. The number of carbonyl (C=O) groups is 1. The topological polar surface area (TPSA) is 59.4 Å². The summed E-state index contributed by atoms with van der Waals surface area (Å²) >= 11 is 0. The van der Waals surface area contributed by atoms with E-state index in [0.717, 1.165) is 6.42 Å². The Labute approximate surface area is 118 Å². The highest BCUT2D eigenvalue weighted by molar-refractivity contribution is 5.88. The Balaban J connectivity index is 2.20. The number of ether oxygens (including phenoxy) is 1. The van der Waals surface area contributed by atoms with Gasteiger partial charge in [0.1, 0.15) is 5.75 Å². The van der Waals surface area contributed by atoms with Crippen molar-refractivity contribution in [3.8, 4) is 11.5 Å². The minimum absolute atomic E-state index is 0.0847. The molecule has 2 aromatic rings. The second-order valence-corrected chi connectivity index (χ2v) is 4.64. The predicted octanol–water partition coefficient (Wildman–Crippen LogP) is 4.09.